The van der Waals surface area contributed by atoms with Crippen molar-refractivity contribution in [1.82, 2.24) is 19.1 Å². The van der Waals surface area contributed by atoms with E-state index in [1.54, 1.807) is 0 Å². The third-order valence-electron chi connectivity index (χ3n) is 5.21. The van der Waals surface area contributed by atoms with E-state index in [0.29, 0.717) is 5.02 Å². The molecule has 4 aromatic rings. The van der Waals surface area contributed by atoms with E-state index in [0.717, 1.165) is 52.6 Å². The van der Waals surface area contributed by atoms with Crippen LogP contribution in [-0.2, 0) is 6.54 Å². The molecule has 31 heavy (non-hydrogen) atoms. The maximum absolute atomic E-state index is 6.11. The van der Waals surface area contributed by atoms with Crippen LogP contribution in [0.3, 0.4) is 0 Å². The lowest BCUT2D eigenvalue weighted by molar-refractivity contribution is 0.627. The smallest absolute Gasteiger partial charge is 0.185 e. The zero-order valence-corrected chi connectivity index (χ0v) is 19.1. The van der Waals surface area contributed by atoms with Crippen LogP contribution in [-0.4, -0.2) is 32.7 Å². The standard InChI is InChI=1S/C24H24ClN5S/c1-18-4-9-22(27-16-18)23-17-29(15-3-14-28(2)20-10-12-26-13-11-20)24(31)30(23)21-7-5-19(25)6-8-21/h4-13,16-17H,3,14-15H2,1-2H3. The summed E-state index contributed by atoms with van der Waals surface area (Å²) in [6, 6.07) is 15.9. The van der Waals surface area contributed by atoms with Crippen LogP contribution < -0.4 is 4.90 Å². The highest BCUT2D eigenvalue weighted by molar-refractivity contribution is 7.71. The van der Waals surface area contributed by atoms with E-state index in [1.165, 1.54) is 0 Å². The van der Waals surface area contributed by atoms with E-state index in [4.69, 9.17) is 23.8 Å². The van der Waals surface area contributed by atoms with Gasteiger partial charge in [0.15, 0.2) is 4.77 Å². The number of imidazole rings is 1. The molecule has 0 aliphatic carbocycles. The van der Waals surface area contributed by atoms with E-state index >= 15 is 0 Å². The van der Waals surface area contributed by atoms with Crippen LogP contribution in [0.5, 0.6) is 0 Å². The molecule has 0 saturated heterocycles. The van der Waals surface area contributed by atoms with Crippen LogP contribution in [0.25, 0.3) is 17.1 Å². The molecule has 7 heteroatoms. The molecule has 0 radical (unpaired) electrons. The van der Waals surface area contributed by atoms with Crippen molar-refractivity contribution in [1.29, 1.82) is 0 Å². The van der Waals surface area contributed by atoms with Crippen LogP contribution in [0.2, 0.25) is 5.02 Å². The van der Waals surface area contributed by atoms with Gasteiger partial charge in [-0.25, -0.2) is 0 Å². The van der Waals surface area contributed by atoms with E-state index < -0.39 is 0 Å². The molecule has 0 aliphatic heterocycles. The van der Waals surface area contributed by atoms with Gasteiger partial charge in [0.05, 0.1) is 11.4 Å². The normalized spacial score (nSPS) is 10.9. The van der Waals surface area contributed by atoms with Gasteiger partial charge in [0.25, 0.3) is 0 Å². The number of anilines is 1. The quantitative estimate of drug-likeness (QED) is 0.326. The van der Waals surface area contributed by atoms with Gasteiger partial charge in [-0.15, -0.1) is 0 Å². The minimum absolute atomic E-state index is 0.698. The number of aromatic nitrogens is 4. The van der Waals surface area contributed by atoms with Crippen LogP contribution in [0.15, 0.2) is 73.3 Å². The molecule has 4 rings (SSSR count). The first-order chi connectivity index (χ1) is 15.0. The summed E-state index contributed by atoms with van der Waals surface area (Å²) in [6.07, 6.45) is 8.56. The Morgan fingerprint density at radius 2 is 1.77 bits per heavy atom. The molecular weight excluding hydrogens is 426 g/mol. The number of halogens is 1. The third kappa shape index (κ3) is 4.86. The topological polar surface area (TPSA) is 38.9 Å². The van der Waals surface area contributed by atoms with Crippen LogP contribution >= 0.6 is 23.8 Å². The Kier molecular flexibility index (Phi) is 6.49. The molecule has 0 bridgehead atoms. The third-order valence-corrected chi connectivity index (χ3v) is 5.88. The van der Waals surface area contributed by atoms with E-state index in [2.05, 4.69) is 43.3 Å². The van der Waals surface area contributed by atoms with Gasteiger partial charge >= 0.3 is 0 Å². The lowest BCUT2D eigenvalue weighted by atomic mass is 10.2. The van der Waals surface area contributed by atoms with Crippen LogP contribution in [0.1, 0.15) is 12.0 Å². The number of nitrogens with zero attached hydrogens (tertiary/aromatic N) is 5. The second-order valence-electron chi connectivity index (χ2n) is 7.50. The summed E-state index contributed by atoms with van der Waals surface area (Å²) in [6.45, 7) is 3.76. The Hall–Kier alpha value is -2.96. The highest BCUT2D eigenvalue weighted by atomic mass is 35.5. The molecule has 0 fully saturated rings. The van der Waals surface area contributed by atoms with Gasteiger partial charge < -0.3 is 9.47 Å². The molecule has 3 aromatic heterocycles. The van der Waals surface area contributed by atoms with Gasteiger partial charge in [0.2, 0.25) is 0 Å². The first-order valence-corrected chi connectivity index (χ1v) is 10.9. The monoisotopic (exact) mass is 449 g/mol. The molecule has 0 atom stereocenters. The fourth-order valence-corrected chi connectivity index (χ4v) is 3.97. The summed E-state index contributed by atoms with van der Waals surface area (Å²) < 4.78 is 4.93. The molecule has 0 unspecified atom stereocenters. The van der Waals surface area contributed by atoms with E-state index in [1.807, 2.05) is 68.0 Å². The summed E-state index contributed by atoms with van der Waals surface area (Å²) in [5, 5.41) is 0.698. The molecule has 1 aromatic carbocycles. The Labute approximate surface area is 192 Å². The minimum atomic E-state index is 0.698. The lowest BCUT2D eigenvalue weighted by Crippen LogP contribution is -2.19. The van der Waals surface area contributed by atoms with Gasteiger partial charge in [-0.05, 0) is 73.6 Å². The number of pyridine rings is 2. The number of hydrogen-bond acceptors (Lipinski definition) is 4. The summed E-state index contributed by atoms with van der Waals surface area (Å²) in [5.41, 5.74) is 5.11. The van der Waals surface area contributed by atoms with Gasteiger partial charge in [0.1, 0.15) is 0 Å². The number of rotatable bonds is 7. The van der Waals surface area contributed by atoms with Crippen molar-refractivity contribution in [3.05, 3.63) is 88.7 Å². The predicted octanol–water partition coefficient (Wildman–Crippen LogP) is 5.95. The van der Waals surface area contributed by atoms with E-state index in [-0.39, 0.29) is 0 Å². The molecule has 0 amide bonds. The number of aryl methyl sites for hydroxylation is 2. The Balaban J connectivity index is 1.62. The first-order valence-electron chi connectivity index (χ1n) is 10.2. The minimum Gasteiger partial charge on any atom is -0.374 e. The summed E-state index contributed by atoms with van der Waals surface area (Å²) in [5.74, 6) is 0. The second kappa shape index (κ2) is 9.45. The van der Waals surface area contributed by atoms with Crippen molar-refractivity contribution in [3.8, 4) is 17.1 Å². The molecular formula is C24H24ClN5S. The largest absolute Gasteiger partial charge is 0.374 e. The SMILES string of the molecule is Cc1ccc(-c2cn(CCCN(C)c3ccncc3)c(=S)n2-c2ccc(Cl)cc2)nc1. The predicted molar refractivity (Wildman–Crippen MR) is 130 cm³/mol. The fourth-order valence-electron chi connectivity index (χ4n) is 3.50. The van der Waals surface area contributed by atoms with Crippen molar-refractivity contribution >= 4 is 29.5 Å². The van der Waals surface area contributed by atoms with Gasteiger partial charge in [0, 0.05) is 61.3 Å². The Morgan fingerprint density at radius 3 is 2.45 bits per heavy atom. The van der Waals surface area contributed by atoms with Crippen LogP contribution in [0, 0.1) is 11.7 Å². The van der Waals surface area contributed by atoms with Gasteiger partial charge in [-0.3, -0.25) is 14.5 Å². The van der Waals surface area contributed by atoms with Crippen molar-refractivity contribution < 1.29 is 0 Å². The van der Waals surface area contributed by atoms with Crippen molar-refractivity contribution in [2.45, 2.75) is 19.9 Å². The maximum Gasteiger partial charge on any atom is 0.185 e. The second-order valence-corrected chi connectivity index (χ2v) is 8.31. The Bertz CT molecular complexity index is 1200. The van der Waals surface area contributed by atoms with Crippen molar-refractivity contribution in [2.24, 2.45) is 0 Å². The van der Waals surface area contributed by atoms with Gasteiger partial charge in [-0.1, -0.05) is 17.7 Å². The highest BCUT2D eigenvalue weighted by Gasteiger charge is 2.14. The fraction of sp³-hybridized carbons (Fsp3) is 0.208. The van der Waals surface area contributed by atoms with Gasteiger partial charge in [-0.2, -0.15) is 0 Å². The highest BCUT2D eigenvalue weighted by Crippen LogP contribution is 2.25. The molecule has 0 N–H and O–H groups in total. The average Bonchev–Trinajstić information content (AvgIpc) is 3.11. The summed E-state index contributed by atoms with van der Waals surface area (Å²) >= 11 is 12.0. The van der Waals surface area contributed by atoms with Crippen molar-refractivity contribution in [3.63, 3.8) is 0 Å². The summed E-state index contributed by atoms with van der Waals surface area (Å²) in [7, 11) is 2.09. The maximum atomic E-state index is 6.11. The molecule has 5 nitrogen and oxygen atoms in total. The number of benzene rings is 1. The Morgan fingerprint density at radius 1 is 1.03 bits per heavy atom. The molecule has 3 heterocycles. The zero-order chi connectivity index (χ0) is 21.8. The first kappa shape index (κ1) is 21.3. The number of hydrogen-bond donors (Lipinski definition) is 0. The lowest BCUT2D eigenvalue weighted by Gasteiger charge is -2.18. The van der Waals surface area contributed by atoms with Crippen molar-refractivity contribution in [2.75, 3.05) is 18.5 Å². The molecule has 0 aliphatic rings. The average molecular weight is 450 g/mol. The zero-order valence-electron chi connectivity index (χ0n) is 17.6. The molecule has 0 saturated carbocycles. The molecule has 0 spiro atoms. The summed E-state index contributed by atoms with van der Waals surface area (Å²) in [4.78, 5) is 10.9. The van der Waals surface area contributed by atoms with Crippen LogP contribution in [0.4, 0.5) is 5.69 Å². The van der Waals surface area contributed by atoms with E-state index in [9.17, 15) is 0 Å². The molecule has 158 valence electrons.